The minimum atomic E-state index is 0.176. The van der Waals surface area contributed by atoms with Crippen molar-refractivity contribution in [3.63, 3.8) is 0 Å². The molecule has 0 aliphatic heterocycles. The molecule has 82 valence electrons. The highest BCUT2D eigenvalue weighted by molar-refractivity contribution is 5.59. The van der Waals surface area contributed by atoms with Crippen molar-refractivity contribution in [2.24, 2.45) is 0 Å². The fourth-order valence-electron chi connectivity index (χ4n) is 2.24. The summed E-state index contributed by atoms with van der Waals surface area (Å²) in [7, 11) is 3.17. The van der Waals surface area contributed by atoms with Crippen LogP contribution in [0.15, 0.2) is 6.07 Å². The minimum absolute atomic E-state index is 0.176. The average Bonchev–Trinajstić information content (AvgIpc) is 2.27. The fraction of sp³-hybridized carbons (Fsp3) is 0.500. The molecule has 0 fully saturated rings. The highest BCUT2D eigenvalue weighted by Gasteiger charge is 2.21. The molecule has 0 unspecified atom stereocenters. The summed E-state index contributed by atoms with van der Waals surface area (Å²) in [6.07, 6.45) is 4.39. The summed E-state index contributed by atoms with van der Waals surface area (Å²) in [5.41, 5.74) is 2.38. The van der Waals surface area contributed by atoms with E-state index in [0.717, 1.165) is 12.8 Å². The van der Waals surface area contributed by atoms with Crippen molar-refractivity contribution in [1.82, 2.24) is 0 Å². The third kappa shape index (κ3) is 1.62. The van der Waals surface area contributed by atoms with Gasteiger partial charge in [0.1, 0.15) is 0 Å². The zero-order valence-corrected chi connectivity index (χ0v) is 9.17. The summed E-state index contributed by atoms with van der Waals surface area (Å²) < 4.78 is 10.5. The van der Waals surface area contributed by atoms with Gasteiger partial charge in [0, 0.05) is 5.56 Å². The summed E-state index contributed by atoms with van der Waals surface area (Å²) in [4.78, 5) is 0. The second-order valence-corrected chi connectivity index (χ2v) is 3.81. The predicted molar refractivity (Wildman–Crippen MR) is 57.9 cm³/mol. The Kier molecular flexibility index (Phi) is 2.71. The standard InChI is InChI=1S/C12H16O3/c1-14-11-9-6-4-3-5-8(9)7-10(13)12(11)15-2/h7,13H,3-6H2,1-2H3. The lowest BCUT2D eigenvalue weighted by Crippen LogP contribution is -2.06. The molecule has 0 aromatic heterocycles. The Balaban J connectivity index is 2.59. The van der Waals surface area contributed by atoms with Crippen LogP contribution in [-0.2, 0) is 12.8 Å². The van der Waals surface area contributed by atoms with Crippen LogP contribution in [0.3, 0.4) is 0 Å². The average molecular weight is 208 g/mol. The van der Waals surface area contributed by atoms with Crippen LogP contribution in [0, 0.1) is 0 Å². The Morgan fingerprint density at radius 1 is 1.07 bits per heavy atom. The molecule has 0 bridgehead atoms. The van der Waals surface area contributed by atoms with Crippen molar-refractivity contribution >= 4 is 0 Å². The van der Waals surface area contributed by atoms with E-state index in [9.17, 15) is 5.11 Å². The molecular weight excluding hydrogens is 192 g/mol. The van der Waals surface area contributed by atoms with Crippen molar-refractivity contribution in [1.29, 1.82) is 0 Å². The fourth-order valence-corrected chi connectivity index (χ4v) is 2.24. The Labute approximate surface area is 89.6 Å². The van der Waals surface area contributed by atoms with Gasteiger partial charge in [0.2, 0.25) is 5.75 Å². The molecule has 0 atom stereocenters. The molecule has 3 heteroatoms. The van der Waals surface area contributed by atoms with Gasteiger partial charge in [-0.1, -0.05) is 0 Å². The molecule has 3 nitrogen and oxygen atoms in total. The maximum absolute atomic E-state index is 9.77. The first kappa shape index (κ1) is 10.1. The Morgan fingerprint density at radius 3 is 2.40 bits per heavy atom. The van der Waals surface area contributed by atoms with Crippen LogP contribution in [0.1, 0.15) is 24.0 Å². The van der Waals surface area contributed by atoms with Crippen molar-refractivity contribution < 1.29 is 14.6 Å². The molecule has 15 heavy (non-hydrogen) atoms. The molecule has 1 aliphatic carbocycles. The van der Waals surface area contributed by atoms with Crippen molar-refractivity contribution in [2.75, 3.05) is 14.2 Å². The van der Waals surface area contributed by atoms with Crippen LogP contribution in [0.25, 0.3) is 0 Å². The van der Waals surface area contributed by atoms with Gasteiger partial charge in [-0.05, 0) is 37.3 Å². The van der Waals surface area contributed by atoms with Gasteiger partial charge < -0.3 is 14.6 Å². The second kappa shape index (κ2) is 4.01. The van der Waals surface area contributed by atoms with E-state index >= 15 is 0 Å². The van der Waals surface area contributed by atoms with Gasteiger partial charge in [-0.3, -0.25) is 0 Å². The normalized spacial score (nSPS) is 14.5. The molecule has 1 aliphatic rings. The van der Waals surface area contributed by atoms with E-state index < -0.39 is 0 Å². The summed E-state index contributed by atoms with van der Waals surface area (Å²) >= 11 is 0. The molecule has 0 radical (unpaired) electrons. The molecule has 0 saturated carbocycles. The van der Waals surface area contributed by atoms with Gasteiger partial charge in [0.15, 0.2) is 11.5 Å². The van der Waals surface area contributed by atoms with E-state index in [4.69, 9.17) is 9.47 Å². The van der Waals surface area contributed by atoms with Crippen LogP contribution in [0.2, 0.25) is 0 Å². The first-order chi connectivity index (χ1) is 7.27. The SMILES string of the molecule is COc1c(O)cc2c(c1OC)CCCC2. The van der Waals surface area contributed by atoms with E-state index in [1.807, 2.05) is 0 Å². The monoisotopic (exact) mass is 208 g/mol. The molecule has 0 amide bonds. The van der Waals surface area contributed by atoms with Crippen LogP contribution < -0.4 is 9.47 Å². The van der Waals surface area contributed by atoms with E-state index in [0.29, 0.717) is 11.5 Å². The maximum Gasteiger partial charge on any atom is 0.203 e. The third-order valence-corrected chi connectivity index (χ3v) is 2.94. The summed E-state index contributed by atoms with van der Waals surface area (Å²) in [5.74, 6) is 1.33. The lowest BCUT2D eigenvalue weighted by Gasteiger charge is -2.21. The number of phenolic OH excluding ortho intramolecular Hbond substituents is 1. The largest absolute Gasteiger partial charge is 0.504 e. The Morgan fingerprint density at radius 2 is 1.73 bits per heavy atom. The van der Waals surface area contributed by atoms with E-state index in [2.05, 4.69) is 0 Å². The number of benzene rings is 1. The summed E-state index contributed by atoms with van der Waals surface area (Å²) in [6, 6.07) is 1.80. The third-order valence-electron chi connectivity index (χ3n) is 2.94. The highest BCUT2D eigenvalue weighted by atomic mass is 16.5. The topological polar surface area (TPSA) is 38.7 Å². The number of phenols is 1. The molecular formula is C12H16O3. The van der Waals surface area contributed by atoms with Crippen molar-refractivity contribution in [3.8, 4) is 17.2 Å². The molecule has 1 aromatic carbocycles. The molecule has 0 heterocycles. The number of fused-ring (bicyclic) bond motifs is 1. The molecule has 1 aromatic rings. The summed E-state index contributed by atoms with van der Waals surface area (Å²) in [5, 5.41) is 9.77. The second-order valence-electron chi connectivity index (χ2n) is 3.81. The van der Waals surface area contributed by atoms with E-state index in [-0.39, 0.29) is 5.75 Å². The zero-order chi connectivity index (χ0) is 10.8. The first-order valence-electron chi connectivity index (χ1n) is 5.23. The number of methoxy groups -OCH3 is 2. The Hall–Kier alpha value is -1.38. The van der Waals surface area contributed by atoms with Gasteiger partial charge in [0.25, 0.3) is 0 Å². The van der Waals surface area contributed by atoms with E-state index in [1.165, 1.54) is 24.0 Å². The lowest BCUT2D eigenvalue weighted by molar-refractivity contribution is 0.328. The molecule has 1 N–H and O–H groups in total. The Bertz CT molecular complexity index is 372. The number of hydrogen-bond acceptors (Lipinski definition) is 3. The first-order valence-corrected chi connectivity index (χ1v) is 5.23. The smallest absolute Gasteiger partial charge is 0.203 e. The molecule has 0 saturated heterocycles. The number of ether oxygens (including phenoxy) is 2. The molecule has 0 spiro atoms. The van der Waals surface area contributed by atoms with Gasteiger partial charge >= 0.3 is 0 Å². The van der Waals surface area contributed by atoms with Gasteiger partial charge in [-0.25, -0.2) is 0 Å². The van der Waals surface area contributed by atoms with Crippen LogP contribution >= 0.6 is 0 Å². The van der Waals surface area contributed by atoms with Crippen LogP contribution in [0.4, 0.5) is 0 Å². The number of hydrogen-bond donors (Lipinski definition) is 1. The predicted octanol–water partition coefficient (Wildman–Crippen LogP) is 2.29. The number of aromatic hydroxyl groups is 1. The van der Waals surface area contributed by atoms with Gasteiger partial charge in [-0.15, -0.1) is 0 Å². The molecule has 2 rings (SSSR count). The minimum Gasteiger partial charge on any atom is -0.504 e. The number of rotatable bonds is 2. The van der Waals surface area contributed by atoms with Crippen molar-refractivity contribution in [3.05, 3.63) is 17.2 Å². The zero-order valence-electron chi connectivity index (χ0n) is 9.17. The van der Waals surface area contributed by atoms with Gasteiger partial charge in [0.05, 0.1) is 14.2 Å². The van der Waals surface area contributed by atoms with E-state index in [1.54, 1.807) is 20.3 Å². The lowest BCUT2D eigenvalue weighted by atomic mass is 9.90. The van der Waals surface area contributed by atoms with Crippen LogP contribution in [-0.4, -0.2) is 19.3 Å². The quantitative estimate of drug-likeness (QED) is 0.810. The van der Waals surface area contributed by atoms with Crippen LogP contribution in [0.5, 0.6) is 17.2 Å². The highest BCUT2D eigenvalue weighted by Crippen LogP contribution is 2.43. The van der Waals surface area contributed by atoms with Gasteiger partial charge in [-0.2, -0.15) is 0 Å². The maximum atomic E-state index is 9.77. The van der Waals surface area contributed by atoms with Crippen molar-refractivity contribution in [2.45, 2.75) is 25.7 Å². The summed E-state index contributed by atoms with van der Waals surface area (Å²) in [6.45, 7) is 0. The number of aryl methyl sites for hydroxylation is 1.